The lowest BCUT2D eigenvalue weighted by molar-refractivity contribution is 0.675. The monoisotopic (exact) mass is 240 g/mol. The fraction of sp³-hybridized carbons (Fsp3) is 0.500. The first-order chi connectivity index (χ1) is 6.40. The number of rotatable bonds is 2. The Labute approximate surface area is 87.1 Å². The normalized spacial score (nSPS) is 22.2. The molecule has 0 N–H and O–H groups in total. The van der Waals surface area contributed by atoms with Gasteiger partial charge in [-0.15, -0.1) is 0 Å². The molecule has 3 heteroatoms. The van der Waals surface area contributed by atoms with Crippen LogP contribution in [0.5, 0.6) is 0 Å². The molecular weight excluding hydrogens is 228 g/mol. The summed E-state index contributed by atoms with van der Waals surface area (Å²) in [7, 11) is 0. The molecule has 0 bridgehead atoms. The second-order valence-electron chi connectivity index (χ2n) is 3.44. The number of alkyl halides is 1. The summed E-state index contributed by atoms with van der Waals surface area (Å²) in [5.74, 6) is 1.91. The van der Waals surface area contributed by atoms with E-state index in [1.165, 1.54) is 6.42 Å². The van der Waals surface area contributed by atoms with Gasteiger partial charge in [0.15, 0.2) is 0 Å². The maximum atomic E-state index is 4.34. The van der Waals surface area contributed by atoms with Crippen LogP contribution in [0.2, 0.25) is 0 Å². The van der Waals surface area contributed by atoms with Gasteiger partial charge in [0.1, 0.15) is 5.82 Å². The van der Waals surface area contributed by atoms with Crippen molar-refractivity contribution >= 4 is 21.7 Å². The highest BCUT2D eigenvalue weighted by molar-refractivity contribution is 9.09. The van der Waals surface area contributed by atoms with E-state index >= 15 is 0 Å². The zero-order chi connectivity index (χ0) is 9.10. The van der Waals surface area contributed by atoms with Crippen LogP contribution in [0.3, 0.4) is 0 Å². The van der Waals surface area contributed by atoms with Gasteiger partial charge in [-0.3, -0.25) is 0 Å². The summed E-state index contributed by atoms with van der Waals surface area (Å²) in [6.07, 6.45) is 3.14. The van der Waals surface area contributed by atoms with Gasteiger partial charge < -0.3 is 4.90 Å². The number of hydrogen-bond donors (Lipinski definition) is 0. The Hall–Kier alpha value is -0.570. The molecule has 70 valence electrons. The van der Waals surface area contributed by atoms with Crippen LogP contribution in [-0.2, 0) is 0 Å². The maximum absolute atomic E-state index is 4.34. The van der Waals surface area contributed by atoms with Crippen LogP contribution in [0.15, 0.2) is 24.4 Å². The SMILES string of the molecule is BrCC1CCN(c2ccccn2)C1. The minimum Gasteiger partial charge on any atom is -0.356 e. The summed E-state index contributed by atoms with van der Waals surface area (Å²) >= 11 is 3.53. The molecule has 0 aliphatic carbocycles. The summed E-state index contributed by atoms with van der Waals surface area (Å²) in [6.45, 7) is 2.29. The van der Waals surface area contributed by atoms with Crippen molar-refractivity contribution in [3.8, 4) is 0 Å². The highest BCUT2D eigenvalue weighted by atomic mass is 79.9. The smallest absolute Gasteiger partial charge is 0.128 e. The third kappa shape index (κ3) is 2.02. The van der Waals surface area contributed by atoms with Crippen LogP contribution in [0.4, 0.5) is 5.82 Å². The van der Waals surface area contributed by atoms with Gasteiger partial charge in [-0.25, -0.2) is 4.98 Å². The van der Waals surface area contributed by atoms with E-state index in [4.69, 9.17) is 0 Å². The van der Waals surface area contributed by atoms with Crippen molar-refractivity contribution in [3.63, 3.8) is 0 Å². The van der Waals surface area contributed by atoms with E-state index < -0.39 is 0 Å². The van der Waals surface area contributed by atoms with Gasteiger partial charge >= 0.3 is 0 Å². The van der Waals surface area contributed by atoms with Crippen molar-refractivity contribution in [2.75, 3.05) is 23.3 Å². The number of hydrogen-bond acceptors (Lipinski definition) is 2. The average molecular weight is 241 g/mol. The Morgan fingerprint density at radius 2 is 2.46 bits per heavy atom. The highest BCUT2D eigenvalue weighted by Crippen LogP contribution is 2.22. The van der Waals surface area contributed by atoms with Crippen molar-refractivity contribution in [2.24, 2.45) is 5.92 Å². The Kier molecular flexibility index (Phi) is 2.83. The molecule has 0 radical (unpaired) electrons. The van der Waals surface area contributed by atoms with Gasteiger partial charge in [-0.05, 0) is 24.5 Å². The Morgan fingerprint density at radius 3 is 3.08 bits per heavy atom. The molecule has 0 aromatic carbocycles. The number of anilines is 1. The molecule has 1 unspecified atom stereocenters. The largest absolute Gasteiger partial charge is 0.356 e. The van der Waals surface area contributed by atoms with Crippen LogP contribution in [0, 0.1) is 5.92 Å². The minimum absolute atomic E-state index is 0.794. The van der Waals surface area contributed by atoms with E-state index in [-0.39, 0.29) is 0 Å². The van der Waals surface area contributed by atoms with E-state index in [2.05, 4.69) is 31.9 Å². The molecule has 2 rings (SSSR count). The summed E-state index contributed by atoms with van der Waals surface area (Å²) in [5.41, 5.74) is 0. The molecule has 1 aromatic heterocycles. The fourth-order valence-electron chi connectivity index (χ4n) is 1.71. The molecule has 0 saturated carbocycles. The zero-order valence-electron chi connectivity index (χ0n) is 7.49. The quantitative estimate of drug-likeness (QED) is 0.738. The Morgan fingerprint density at radius 1 is 1.54 bits per heavy atom. The van der Waals surface area contributed by atoms with E-state index in [0.717, 1.165) is 30.2 Å². The fourth-order valence-corrected chi connectivity index (χ4v) is 2.24. The van der Waals surface area contributed by atoms with Gasteiger partial charge in [0.2, 0.25) is 0 Å². The van der Waals surface area contributed by atoms with Crippen molar-refractivity contribution in [1.29, 1.82) is 0 Å². The number of nitrogens with zero attached hydrogens (tertiary/aromatic N) is 2. The molecule has 13 heavy (non-hydrogen) atoms. The minimum atomic E-state index is 0.794. The molecule has 2 heterocycles. The van der Waals surface area contributed by atoms with Crippen molar-refractivity contribution in [2.45, 2.75) is 6.42 Å². The molecule has 1 atom stereocenters. The molecule has 2 nitrogen and oxygen atoms in total. The second kappa shape index (κ2) is 4.09. The Balaban J connectivity index is 2.04. The van der Waals surface area contributed by atoms with Crippen molar-refractivity contribution < 1.29 is 0 Å². The molecule has 1 fully saturated rings. The molecule has 1 saturated heterocycles. The summed E-state index contributed by atoms with van der Waals surface area (Å²) in [5, 5.41) is 1.11. The number of halogens is 1. The molecule has 0 spiro atoms. The van der Waals surface area contributed by atoms with E-state index in [1.54, 1.807) is 0 Å². The summed E-state index contributed by atoms with van der Waals surface area (Å²) in [6, 6.07) is 6.09. The number of aromatic nitrogens is 1. The highest BCUT2D eigenvalue weighted by Gasteiger charge is 2.21. The molecular formula is C10H13BrN2. The van der Waals surface area contributed by atoms with Crippen molar-refractivity contribution in [3.05, 3.63) is 24.4 Å². The van der Waals surface area contributed by atoms with Crippen LogP contribution in [0.25, 0.3) is 0 Å². The average Bonchev–Trinajstić information content (AvgIpc) is 2.67. The van der Waals surface area contributed by atoms with Crippen LogP contribution in [0.1, 0.15) is 6.42 Å². The third-order valence-electron chi connectivity index (χ3n) is 2.48. The van der Waals surface area contributed by atoms with Gasteiger partial charge in [0, 0.05) is 24.6 Å². The van der Waals surface area contributed by atoms with E-state index in [9.17, 15) is 0 Å². The van der Waals surface area contributed by atoms with Crippen LogP contribution < -0.4 is 4.90 Å². The zero-order valence-corrected chi connectivity index (χ0v) is 9.07. The topological polar surface area (TPSA) is 16.1 Å². The van der Waals surface area contributed by atoms with Gasteiger partial charge in [-0.2, -0.15) is 0 Å². The first-order valence-electron chi connectivity index (χ1n) is 4.62. The van der Waals surface area contributed by atoms with Crippen molar-refractivity contribution in [1.82, 2.24) is 4.98 Å². The predicted octanol–water partition coefficient (Wildman–Crippen LogP) is 2.30. The first kappa shape index (κ1) is 9.00. The predicted molar refractivity (Wildman–Crippen MR) is 58.4 cm³/mol. The van der Waals surface area contributed by atoms with E-state index in [0.29, 0.717) is 0 Å². The van der Waals surface area contributed by atoms with E-state index in [1.807, 2.05) is 18.3 Å². The summed E-state index contributed by atoms with van der Waals surface area (Å²) < 4.78 is 0. The van der Waals surface area contributed by atoms with Gasteiger partial charge in [0.25, 0.3) is 0 Å². The molecule has 0 amide bonds. The van der Waals surface area contributed by atoms with Gasteiger partial charge in [-0.1, -0.05) is 22.0 Å². The molecule has 1 aromatic rings. The lowest BCUT2D eigenvalue weighted by Crippen LogP contribution is -2.20. The first-order valence-corrected chi connectivity index (χ1v) is 5.74. The lowest BCUT2D eigenvalue weighted by atomic mass is 10.2. The second-order valence-corrected chi connectivity index (χ2v) is 4.09. The van der Waals surface area contributed by atoms with Crippen LogP contribution >= 0.6 is 15.9 Å². The summed E-state index contributed by atoms with van der Waals surface area (Å²) in [4.78, 5) is 6.69. The molecule has 1 aliphatic heterocycles. The van der Waals surface area contributed by atoms with Gasteiger partial charge in [0.05, 0.1) is 0 Å². The third-order valence-corrected chi connectivity index (χ3v) is 3.39. The maximum Gasteiger partial charge on any atom is 0.128 e. The Bertz CT molecular complexity index is 263. The molecule has 1 aliphatic rings. The lowest BCUT2D eigenvalue weighted by Gasteiger charge is -2.16. The number of pyridine rings is 1. The standard InChI is InChI=1S/C10H13BrN2/c11-7-9-4-6-13(8-9)10-3-1-2-5-12-10/h1-3,5,9H,4,6-8H2. The van der Waals surface area contributed by atoms with Crippen LogP contribution in [-0.4, -0.2) is 23.4 Å².